The Morgan fingerprint density at radius 1 is 1.35 bits per heavy atom. The molecule has 0 aliphatic heterocycles. The van der Waals surface area contributed by atoms with E-state index in [1.54, 1.807) is 6.08 Å². The molecule has 118 valence electrons. The van der Waals surface area contributed by atoms with E-state index in [0.29, 0.717) is 19.3 Å². The molecule has 0 bridgehead atoms. The third-order valence-corrected chi connectivity index (χ3v) is 4.76. The van der Waals surface area contributed by atoms with Gasteiger partial charge in [-0.05, 0) is 19.3 Å². The summed E-state index contributed by atoms with van der Waals surface area (Å²) in [5.74, 6) is -2.11. The molecule has 0 spiro atoms. The molecule has 0 heterocycles. The van der Waals surface area contributed by atoms with Crippen molar-refractivity contribution in [3.63, 3.8) is 0 Å². The van der Waals surface area contributed by atoms with E-state index in [-0.39, 0.29) is 6.42 Å². The van der Waals surface area contributed by atoms with Crippen LogP contribution in [0.1, 0.15) is 32.1 Å². The number of esters is 1. The zero-order valence-corrected chi connectivity index (χ0v) is 12.1. The minimum absolute atomic E-state index is 0.0410. The van der Waals surface area contributed by atoms with E-state index in [4.69, 9.17) is 0 Å². The Morgan fingerprint density at radius 2 is 1.95 bits per heavy atom. The molecule has 0 radical (unpaired) electrons. The molecular formula is C12H19F3O4S. The van der Waals surface area contributed by atoms with Crippen molar-refractivity contribution < 1.29 is 31.1 Å². The van der Waals surface area contributed by atoms with E-state index in [1.165, 1.54) is 0 Å². The number of carbonyl (C=O) groups is 1. The lowest BCUT2D eigenvalue weighted by Crippen LogP contribution is -2.34. The first-order valence-electron chi connectivity index (χ1n) is 6.11. The number of ether oxygens (including phenoxy) is 1. The molecule has 0 N–H and O–H groups in total. The van der Waals surface area contributed by atoms with Crippen molar-refractivity contribution in [2.45, 2.75) is 43.5 Å². The highest BCUT2D eigenvalue weighted by molar-refractivity contribution is 7.92. The van der Waals surface area contributed by atoms with Crippen LogP contribution in [-0.4, -0.2) is 38.7 Å². The smallest absolute Gasteiger partial charge is 0.390 e. The third kappa shape index (κ3) is 7.52. The van der Waals surface area contributed by atoms with Gasteiger partial charge in [-0.2, -0.15) is 13.2 Å². The van der Waals surface area contributed by atoms with Crippen molar-refractivity contribution >= 4 is 15.8 Å². The molecule has 4 nitrogen and oxygen atoms in total. The Balaban J connectivity index is 4.74. The van der Waals surface area contributed by atoms with Crippen LogP contribution in [0.15, 0.2) is 12.7 Å². The van der Waals surface area contributed by atoms with E-state index < -0.39 is 39.4 Å². The number of alkyl halides is 3. The van der Waals surface area contributed by atoms with E-state index in [2.05, 4.69) is 11.3 Å². The highest BCUT2D eigenvalue weighted by atomic mass is 32.2. The minimum Gasteiger partial charge on any atom is -0.468 e. The van der Waals surface area contributed by atoms with E-state index in [9.17, 15) is 26.4 Å². The highest BCUT2D eigenvalue weighted by Crippen LogP contribution is 2.23. The fraction of sp³-hybridized carbons (Fsp3) is 0.750. The van der Waals surface area contributed by atoms with Crippen LogP contribution < -0.4 is 0 Å². The van der Waals surface area contributed by atoms with Gasteiger partial charge in [0.15, 0.2) is 15.1 Å². The predicted molar refractivity (Wildman–Crippen MR) is 68.9 cm³/mol. The summed E-state index contributed by atoms with van der Waals surface area (Å²) in [5, 5.41) is -1.53. The fourth-order valence-electron chi connectivity index (χ4n) is 1.59. The normalized spacial score (nSPS) is 13.8. The van der Waals surface area contributed by atoms with Crippen LogP contribution in [0.4, 0.5) is 13.2 Å². The van der Waals surface area contributed by atoms with Gasteiger partial charge in [-0.15, -0.1) is 6.58 Å². The molecule has 0 saturated carbocycles. The largest absolute Gasteiger partial charge is 0.468 e. The lowest BCUT2D eigenvalue weighted by Gasteiger charge is -2.16. The van der Waals surface area contributed by atoms with Gasteiger partial charge in [0.2, 0.25) is 0 Å². The summed E-state index contributed by atoms with van der Waals surface area (Å²) in [7, 11) is -3.16. The topological polar surface area (TPSA) is 60.4 Å². The zero-order chi connectivity index (χ0) is 15.8. The standard InChI is InChI=1S/C12H19F3O4S/c1-3-4-5-6-7-10(11(16)19-2)20(17,18)9-8-12(13,14)15/h3,10H,1,4-9H2,2H3. The Morgan fingerprint density at radius 3 is 2.40 bits per heavy atom. The van der Waals surface area contributed by atoms with Gasteiger partial charge in [0.25, 0.3) is 0 Å². The maximum absolute atomic E-state index is 12.1. The van der Waals surface area contributed by atoms with Crippen molar-refractivity contribution in [1.29, 1.82) is 0 Å². The number of sulfone groups is 1. The van der Waals surface area contributed by atoms with Crippen LogP contribution in [-0.2, 0) is 19.4 Å². The third-order valence-electron chi connectivity index (χ3n) is 2.69. The molecule has 1 atom stereocenters. The van der Waals surface area contributed by atoms with Crippen LogP contribution in [0.5, 0.6) is 0 Å². The first kappa shape index (κ1) is 18.9. The average Bonchev–Trinajstić information content (AvgIpc) is 2.35. The lowest BCUT2D eigenvalue weighted by atomic mass is 10.1. The number of unbranched alkanes of at least 4 members (excludes halogenated alkanes) is 2. The summed E-state index contributed by atoms with van der Waals surface area (Å²) < 4.78 is 64.3. The van der Waals surface area contributed by atoms with Crippen molar-refractivity contribution in [1.82, 2.24) is 0 Å². The monoisotopic (exact) mass is 316 g/mol. The quantitative estimate of drug-likeness (QED) is 0.373. The Hall–Kier alpha value is -1.05. The maximum Gasteiger partial charge on any atom is 0.390 e. The number of allylic oxidation sites excluding steroid dienone is 1. The molecule has 20 heavy (non-hydrogen) atoms. The van der Waals surface area contributed by atoms with E-state index in [0.717, 1.165) is 7.11 Å². The molecule has 0 amide bonds. The fourth-order valence-corrected chi connectivity index (χ4v) is 3.31. The predicted octanol–water partition coefficient (Wildman–Crippen LogP) is 2.64. The molecule has 0 aromatic heterocycles. The van der Waals surface area contributed by atoms with Gasteiger partial charge in [-0.1, -0.05) is 12.5 Å². The number of rotatable bonds is 9. The first-order valence-corrected chi connectivity index (χ1v) is 7.82. The molecule has 0 saturated heterocycles. The number of halogens is 3. The number of hydrogen-bond donors (Lipinski definition) is 0. The molecule has 0 aliphatic carbocycles. The molecular weight excluding hydrogens is 297 g/mol. The summed E-state index contributed by atoms with van der Waals surface area (Å²) >= 11 is 0. The number of methoxy groups -OCH3 is 1. The average molecular weight is 316 g/mol. The maximum atomic E-state index is 12.1. The summed E-state index contributed by atoms with van der Waals surface area (Å²) in [6, 6.07) is 0. The van der Waals surface area contributed by atoms with Crippen molar-refractivity contribution in [2.75, 3.05) is 12.9 Å². The van der Waals surface area contributed by atoms with Gasteiger partial charge >= 0.3 is 12.1 Å². The summed E-state index contributed by atoms with van der Waals surface area (Å²) in [4.78, 5) is 11.4. The summed E-state index contributed by atoms with van der Waals surface area (Å²) in [6.07, 6.45) is -2.77. The van der Waals surface area contributed by atoms with Crippen LogP contribution in [0, 0.1) is 0 Å². The second-order valence-corrected chi connectivity index (χ2v) is 6.62. The molecule has 0 fully saturated rings. The van der Waals surface area contributed by atoms with Crippen LogP contribution in [0.3, 0.4) is 0 Å². The van der Waals surface area contributed by atoms with Crippen LogP contribution in [0.25, 0.3) is 0 Å². The van der Waals surface area contributed by atoms with Crippen LogP contribution >= 0.6 is 0 Å². The Labute approximate surface area is 116 Å². The molecule has 1 unspecified atom stereocenters. The summed E-state index contributed by atoms with van der Waals surface area (Å²) in [5.41, 5.74) is 0. The minimum atomic E-state index is -4.57. The SMILES string of the molecule is C=CCCCCC(C(=O)OC)S(=O)(=O)CCC(F)(F)F. The van der Waals surface area contributed by atoms with E-state index in [1.807, 2.05) is 0 Å². The van der Waals surface area contributed by atoms with Gasteiger partial charge in [0.1, 0.15) is 0 Å². The van der Waals surface area contributed by atoms with Crippen molar-refractivity contribution in [3.05, 3.63) is 12.7 Å². The zero-order valence-electron chi connectivity index (χ0n) is 11.3. The second kappa shape index (κ2) is 8.28. The van der Waals surface area contributed by atoms with Gasteiger partial charge in [0.05, 0.1) is 19.3 Å². The molecule has 0 aliphatic rings. The van der Waals surface area contributed by atoms with Crippen molar-refractivity contribution in [3.8, 4) is 0 Å². The van der Waals surface area contributed by atoms with Gasteiger partial charge in [-0.3, -0.25) is 4.79 Å². The van der Waals surface area contributed by atoms with Gasteiger partial charge < -0.3 is 4.74 Å². The van der Waals surface area contributed by atoms with E-state index >= 15 is 0 Å². The first-order chi connectivity index (χ1) is 9.14. The van der Waals surface area contributed by atoms with Crippen molar-refractivity contribution in [2.24, 2.45) is 0 Å². The molecule has 0 aromatic carbocycles. The highest BCUT2D eigenvalue weighted by Gasteiger charge is 2.37. The molecule has 0 rings (SSSR count). The Kier molecular flexibility index (Phi) is 7.85. The molecule has 8 heteroatoms. The number of hydrogen-bond acceptors (Lipinski definition) is 4. The van der Waals surface area contributed by atoms with Gasteiger partial charge in [-0.25, -0.2) is 8.42 Å². The number of carbonyl (C=O) groups excluding carboxylic acids is 1. The second-order valence-electron chi connectivity index (χ2n) is 4.32. The Bertz CT molecular complexity index is 415. The lowest BCUT2D eigenvalue weighted by molar-refractivity contribution is -0.140. The van der Waals surface area contributed by atoms with Crippen LogP contribution in [0.2, 0.25) is 0 Å². The summed E-state index contributed by atoms with van der Waals surface area (Å²) in [6.45, 7) is 3.50. The molecule has 0 aromatic rings. The van der Waals surface area contributed by atoms with Gasteiger partial charge in [0, 0.05) is 0 Å².